The average molecular weight is 273 g/mol. The van der Waals surface area contributed by atoms with Gasteiger partial charge in [-0.05, 0) is 18.6 Å². The van der Waals surface area contributed by atoms with E-state index in [9.17, 15) is 0 Å². The number of nitrogens with one attached hydrogen (secondary N) is 1. The molecular weight excluding hydrogens is 250 g/mol. The molecule has 1 unspecified atom stereocenters. The van der Waals surface area contributed by atoms with Gasteiger partial charge in [-0.3, -0.25) is 0 Å². The van der Waals surface area contributed by atoms with Crippen LogP contribution in [0.5, 0.6) is 0 Å². The summed E-state index contributed by atoms with van der Waals surface area (Å²) in [6.07, 6.45) is 6.26. The molecule has 1 heterocycles. The Morgan fingerprint density at radius 2 is 2.10 bits per heavy atom. The van der Waals surface area contributed by atoms with Crippen LogP contribution >= 0.6 is 0 Å². The maximum absolute atomic E-state index is 5.24. The fourth-order valence-electron chi connectivity index (χ4n) is 2.23. The number of hydrogen-bond donors (Lipinski definition) is 1. The van der Waals surface area contributed by atoms with Gasteiger partial charge in [-0.1, -0.05) is 31.5 Å². The van der Waals surface area contributed by atoms with Crippen molar-refractivity contribution in [1.29, 1.82) is 0 Å². The summed E-state index contributed by atoms with van der Waals surface area (Å²) in [6.45, 7) is 3.76. The number of benzene rings is 1. The zero-order valence-electron chi connectivity index (χ0n) is 12.2. The molecule has 0 aliphatic carbocycles. The topological polar surface area (TPSA) is 39.1 Å². The Bertz CT molecular complexity index is 489. The molecule has 1 aromatic carbocycles. The molecule has 0 saturated heterocycles. The molecule has 1 N–H and O–H groups in total. The molecule has 2 rings (SSSR count). The standard InChI is InChI=1S/C16H23N3O/c1-3-7-15(13-20-2)17-10-14-11-18-19(12-14)16-8-5-4-6-9-16/h4-6,8-9,11-12,15,17H,3,7,10,13H2,1-2H3. The minimum atomic E-state index is 0.407. The molecule has 4 nitrogen and oxygen atoms in total. The van der Waals surface area contributed by atoms with Crippen molar-refractivity contribution in [2.75, 3.05) is 13.7 Å². The minimum Gasteiger partial charge on any atom is -0.383 e. The predicted octanol–water partition coefficient (Wildman–Crippen LogP) is 2.78. The number of methoxy groups -OCH3 is 1. The molecule has 0 amide bonds. The first-order valence-electron chi connectivity index (χ1n) is 7.14. The molecule has 0 aliphatic rings. The SMILES string of the molecule is CCCC(COC)NCc1cnn(-c2ccccc2)c1. The zero-order valence-corrected chi connectivity index (χ0v) is 12.2. The fourth-order valence-corrected chi connectivity index (χ4v) is 2.23. The van der Waals surface area contributed by atoms with Crippen molar-refractivity contribution in [3.05, 3.63) is 48.3 Å². The van der Waals surface area contributed by atoms with Crippen LogP contribution in [-0.2, 0) is 11.3 Å². The van der Waals surface area contributed by atoms with E-state index in [4.69, 9.17) is 4.74 Å². The third-order valence-corrected chi connectivity index (χ3v) is 3.26. The second kappa shape index (κ2) is 7.82. The highest BCUT2D eigenvalue weighted by molar-refractivity contribution is 5.30. The van der Waals surface area contributed by atoms with E-state index in [2.05, 4.69) is 35.7 Å². The molecule has 20 heavy (non-hydrogen) atoms. The van der Waals surface area contributed by atoms with Crippen LogP contribution in [0.15, 0.2) is 42.7 Å². The van der Waals surface area contributed by atoms with E-state index in [0.29, 0.717) is 6.04 Å². The fraction of sp³-hybridized carbons (Fsp3) is 0.438. The van der Waals surface area contributed by atoms with Crippen LogP contribution in [0.1, 0.15) is 25.3 Å². The Morgan fingerprint density at radius 1 is 1.30 bits per heavy atom. The van der Waals surface area contributed by atoms with E-state index >= 15 is 0 Å². The van der Waals surface area contributed by atoms with Crippen molar-refractivity contribution in [3.8, 4) is 5.69 Å². The van der Waals surface area contributed by atoms with E-state index in [1.165, 1.54) is 5.56 Å². The quantitative estimate of drug-likeness (QED) is 0.804. The monoisotopic (exact) mass is 273 g/mol. The van der Waals surface area contributed by atoms with Gasteiger partial charge in [-0.2, -0.15) is 5.10 Å². The first-order valence-corrected chi connectivity index (χ1v) is 7.14. The third kappa shape index (κ3) is 4.18. The van der Waals surface area contributed by atoms with Gasteiger partial charge in [-0.25, -0.2) is 4.68 Å². The van der Waals surface area contributed by atoms with E-state index in [0.717, 1.165) is 31.7 Å². The van der Waals surface area contributed by atoms with Gasteiger partial charge in [0, 0.05) is 31.5 Å². The van der Waals surface area contributed by atoms with Crippen molar-refractivity contribution in [2.24, 2.45) is 0 Å². The van der Waals surface area contributed by atoms with Crippen molar-refractivity contribution in [3.63, 3.8) is 0 Å². The van der Waals surface area contributed by atoms with Crippen LogP contribution in [0.2, 0.25) is 0 Å². The Labute approximate surface area is 120 Å². The molecule has 0 bridgehead atoms. The first-order chi connectivity index (χ1) is 9.83. The second-order valence-corrected chi connectivity index (χ2v) is 4.95. The van der Waals surface area contributed by atoms with E-state index < -0.39 is 0 Å². The Morgan fingerprint density at radius 3 is 2.80 bits per heavy atom. The number of para-hydroxylation sites is 1. The van der Waals surface area contributed by atoms with Gasteiger partial charge in [0.15, 0.2) is 0 Å². The molecule has 108 valence electrons. The normalized spacial score (nSPS) is 12.5. The number of ether oxygens (including phenoxy) is 1. The van der Waals surface area contributed by atoms with Gasteiger partial charge >= 0.3 is 0 Å². The van der Waals surface area contributed by atoms with Crippen LogP contribution in [-0.4, -0.2) is 29.5 Å². The van der Waals surface area contributed by atoms with Crippen molar-refractivity contribution < 1.29 is 4.74 Å². The van der Waals surface area contributed by atoms with Gasteiger partial charge < -0.3 is 10.1 Å². The average Bonchev–Trinajstić information content (AvgIpc) is 2.95. The lowest BCUT2D eigenvalue weighted by atomic mass is 10.2. The molecule has 0 fully saturated rings. The summed E-state index contributed by atoms with van der Waals surface area (Å²) in [7, 11) is 1.75. The summed E-state index contributed by atoms with van der Waals surface area (Å²) in [6, 6.07) is 10.6. The molecule has 4 heteroatoms. The summed E-state index contributed by atoms with van der Waals surface area (Å²) in [4.78, 5) is 0. The third-order valence-electron chi connectivity index (χ3n) is 3.26. The molecule has 0 radical (unpaired) electrons. The highest BCUT2D eigenvalue weighted by Crippen LogP contribution is 2.08. The van der Waals surface area contributed by atoms with Gasteiger partial charge in [0.2, 0.25) is 0 Å². The van der Waals surface area contributed by atoms with Crippen LogP contribution in [0, 0.1) is 0 Å². The minimum absolute atomic E-state index is 0.407. The summed E-state index contributed by atoms with van der Waals surface area (Å²) >= 11 is 0. The van der Waals surface area contributed by atoms with Gasteiger partial charge in [0.1, 0.15) is 0 Å². The van der Waals surface area contributed by atoms with Crippen molar-refractivity contribution >= 4 is 0 Å². The molecule has 1 aromatic heterocycles. The highest BCUT2D eigenvalue weighted by Gasteiger charge is 2.07. The molecule has 0 aliphatic heterocycles. The smallest absolute Gasteiger partial charge is 0.0645 e. The Balaban J connectivity index is 1.92. The van der Waals surface area contributed by atoms with E-state index in [1.54, 1.807) is 7.11 Å². The molecule has 1 atom stereocenters. The predicted molar refractivity (Wildman–Crippen MR) is 81.0 cm³/mol. The van der Waals surface area contributed by atoms with Crippen LogP contribution < -0.4 is 5.32 Å². The van der Waals surface area contributed by atoms with E-state index in [1.807, 2.05) is 29.1 Å². The lowest BCUT2D eigenvalue weighted by Crippen LogP contribution is -2.32. The molecule has 0 saturated carbocycles. The Kier molecular flexibility index (Phi) is 5.77. The highest BCUT2D eigenvalue weighted by atomic mass is 16.5. The number of rotatable bonds is 8. The largest absolute Gasteiger partial charge is 0.383 e. The van der Waals surface area contributed by atoms with Crippen molar-refractivity contribution in [1.82, 2.24) is 15.1 Å². The summed E-state index contributed by atoms with van der Waals surface area (Å²) in [5, 5.41) is 7.93. The first kappa shape index (κ1) is 14.8. The van der Waals surface area contributed by atoms with Gasteiger partial charge in [-0.15, -0.1) is 0 Å². The molecular formula is C16H23N3O. The van der Waals surface area contributed by atoms with Gasteiger partial charge in [0.25, 0.3) is 0 Å². The van der Waals surface area contributed by atoms with Crippen LogP contribution in [0.4, 0.5) is 0 Å². The number of aromatic nitrogens is 2. The lowest BCUT2D eigenvalue weighted by Gasteiger charge is -2.16. The maximum Gasteiger partial charge on any atom is 0.0645 e. The summed E-state index contributed by atoms with van der Waals surface area (Å²) < 4.78 is 7.14. The number of hydrogen-bond acceptors (Lipinski definition) is 3. The Hall–Kier alpha value is -1.65. The molecule has 0 spiro atoms. The maximum atomic E-state index is 5.24. The van der Waals surface area contributed by atoms with Crippen LogP contribution in [0.3, 0.4) is 0 Å². The zero-order chi connectivity index (χ0) is 14.2. The van der Waals surface area contributed by atoms with Crippen molar-refractivity contribution in [2.45, 2.75) is 32.4 Å². The lowest BCUT2D eigenvalue weighted by molar-refractivity contribution is 0.161. The summed E-state index contributed by atoms with van der Waals surface area (Å²) in [5.74, 6) is 0. The second-order valence-electron chi connectivity index (χ2n) is 4.95. The summed E-state index contributed by atoms with van der Waals surface area (Å²) in [5.41, 5.74) is 2.27. The van der Waals surface area contributed by atoms with Crippen LogP contribution in [0.25, 0.3) is 5.69 Å². The molecule has 2 aromatic rings. The number of nitrogens with zero attached hydrogens (tertiary/aromatic N) is 2. The van der Waals surface area contributed by atoms with Gasteiger partial charge in [0.05, 0.1) is 18.5 Å². The van der Waals surface area contributed by atoms with E-state index in [-0.39, 0.29) is 0 Å².